The van der Waals surface area contributed by atoms with E-state index in [-0.39, 0.29) is 11.4 Å². The van der Waals surface area contributed by atoms with E-state index in [4.69, 9.17) is 0 Å². The molecule has 1 heterocycles. The van der Waals surface area contributed by atoms with Gasteiger partial charge in [-0.1, -0.05) is 13.8 Å². The largest absolute Gasteiger partial charge is 0.351 e. The Balaban J connectivity index is 2.57. The van der Waals surface area contributed by atoms with Crippen LogP contribution in [0.4, 0.5) is 0 Å². The van der Waals surface area contributed by atoms with Crippen LogP contribution in [0.3, 0.4) is 0 Å². The first-order chi connectivity index (χ1) is 7.28. The van der Waals surface area contributed by atoms with Crippen molar-refractivity contribution in [1.29, 1.82) is 0 Å². The highest BCUT2D eigenvalue weighted by molar-refractivity contribution is 7.09. The molecular formula is C12H20N2OS. The van der Waals surface area contributed by atoms with Gasteiger partial charge in [0.25, 0.3) is 0 Å². The molecule has 1 aromatic rings. The van der Waals surface area contributed by atoms with Gasteiger partial charge in [0.05, 0.1) is 17.1 Å². The summed E-state index contributed by atoms with van der Waals surface area (Å²) in [7, 11) is 0. The SMILES string of the molecule is CC(C)c1nc(CC(=O)NC(C)(C)C)cs1. The highest BCUT2D eigenvalue weighted by Gasteiger charge is 2.15. The number of aromatic nitrogens is 1. The molecule has 0 fully saturated rings. The van der Waals surface area contributed by atoms with Gasteiger partial charge in [0.1, 0.15) is 0 Å². The normalized spacial score (nSPS) is 11.9. The Kier molecular flexibility index (Phi) is 4.08. The minimum Gasteiger partial charge on any atom is -0.351 e. The van der Waals surface area contributed by atoms with Gasteiger partial charge >= 0.3 is 0 Å². The van der Waals surface area contributed by atoms with Crippen molar-refractivity contribution >= 4 is 17.2 Å². The lowest BCUT2D eigenvalue weighted by Gasteiger charge is -2.20. The van der Waals surface area contributed by atoms with Crippen LogP contribution in [0.2, 0.25) is 0 Å². The Hall–Kier alpha value is -0.900. The van der Waals surface area contributed by atoms with Crippen molar-refractivity contribution in [3.8, 4) is 0 Å². The molecule has 0 bridgehead atoms. The number of nitrogens with zero attached hydrogens (tertiary/aromatic N) is 1. The zero-order valence-electron chi connectivity index (χ0n) is 10.6. The molecule has 0 spiro atoms. The van der Waals surface area contributed by atoms with Crippen molar-refractivity contribution in [2.24, 2.45) is 0 Å². The molecule has 0 aliphatic heterocycles. The topological polar surface area (TPSA) is 42.0 Å². The highest BCUT2D eigenvalue weighted by Crippen LogP contribution is 2.19. The summed E-state index contributed by atoms with van der Waals surface area (Å²) in [6, 6.07) is 0. The van der Waals surface area contributed by atoms with E-state index in [1.54, 1.807) is 11.3 Å². The van der Waals surface area contributed by atoms with Gasteiger partial charge in [0.15, 0.2) is 0 Å². The maximum atomic E-state index is 11.7. The quantitative estimate of drug-likeness (QED) is 0.882. The number of thiazole rings is 1. The summed E-state index contributed by atoms with van der Waals surface area (Å²) in [6.45, 7) is 10.2. The van der Waals surface area contributed by atoms with Crippen molar-refractivity contribution < 1.29 is 4.79 Å². The molecule has 90 valence electrons. The molecule has 0 aliphatic rings. The van der Waals surface area contributed by atoms with Gasteiger partial charge in [-0.25, -0.2) is 4.98 Å². The van der Waals surface area contributed by atoms with Crippen molar-refractivity contribution in [3.05, 3.63) is 16.1 Å². The van der Waals surface area contributed by atoms with E-state index >= 15 is 0 Å². The summed E-state index contributed by atoms with van der Waals surface area (Å²) in [5.74, 6) is 0.470. The molecule has 0 aromatic carbocycles. The van der Waals surface area contributed by atoms with Crippen LogP contribution in [0.5, 0.6) is 0 Å². The molecule has 1 amide bonds. The lowest BCUT2D eigenvalue weighted by atomic mass is 10.1. The molecule has 4 heteroatoms. The first-order valence-corrected chi connectivity index (χ1v) is 6.41. The standard InChI is InChI=1S/C12H20N2OS/c1-8(2)11-13-9(7-16-11)6-10(15)14-12(3,4)5/h7-8H,6H2,1-5H3,(H,14,15). The summed E-state index contributed by atoms with van der Waals surface area (Å²) in [4.78, 5) is 16.1. The fraction of sp³-hybridized carbons (Fsp3) is 0.667. The Labute approximate surface area is 101 Å². The van der Waals surface area contributed by atoms with E-state index in [0.717, 1.165) is 10.7 Å². The summed E-state index contributed by atoms with van der Waals surface area (Å²) in [6.07, 6.45) is 0.375. The molecule has 0 unspecified atom stereocenters. The minimum atomic E-state index is -0.173. The fourth-order valence-corrected chi connectivity index (χ4v) is 2.13. The van der Waals surface area contributed by atoms with Crippen LogP contribution >= 0.6 is 11.3 Å². The monoisotopic (exact) mass is 240 g/mol. The Morgan fingerprint density at radius 2 is 2.12 bits per heavy atom. The van der Waals surface area contributed by atoms with Gasteiger partial charge in [-0.05, 0) is 20.8 Å². The van der Waals surface area contributed by atoms with Crippen LogP contribution in [0.25, 0.3) is 0 Å². The summed E-state index contributed by atoms with van der Waals surface area (Å²) < 4.78 is 0. The lowest BCUT2D eigenvalue weighted by molar-refractivity contribution is -0.121. The van der Waals surface area contributed by atoms with Gasteiger partial charge < -0.3 is 5.32 Å². The first kappa shape index (κ1) is 13.2. The first-order valence-electron chi connectivity index (χ1n) is 5.53. The predicted molar refractivity (Wildman–Crippen MR) is 67.8 cm³/mol. The second-order valence-corrected chi connectivity index (χ2v) is 6.20. The van der Waals surface area contributed by atoms with Crippen molar-refractivity contribution in [1.82, 2.24) is 10.3 Å². The molecule has 0 atom stereocenters. The van der Waals surface area contributed by atoms with Crippen LogP contribution in [-0.4, -0.2) is 16.4 Å². The number of carbonyl (C=O) groups is 1. The molecule has 1 aromatic heterocycles. The van der Waals surface area contributed by atoms with Crippen LogP contribution in [-0.2, 0) is 11.2 Å². The highest BCUT2D eigenvalue weighted by atomic mass is 32.1. The van der Waals surface area contributed by atoms with E-state index in [2.05, 4.69) is 24.1 Å². The number of hydrogen-bond donors (Lipinski definition) is 1. The van der Waals surface area contributed by atoms with Gasteiger partial charge in [-0.15, -0.1) is 11.3 Å². The van der Waals surface area contributed by atoms with Gasteiger partial charge in [0, 0.05) is 16.8 Å². The number of hydrogen-bond acceptors (Lipinski definition) is 3. The van der Waals surface area contributed by atoms with Crippen LogP contribution in [0.1, 0.15) is 51.2 Å². The Bertz CT molecular complexity index is 363. The molecule has 1 rings (SSSR count). The average Bonchev–Trinajstić information content (AvgIpc) is 2.48. The minimum absolute atomic E-state index is 0.0353. The van der Waals surface area contributed by atoms with Crippen molar-refractivity contribution in [2.75, 3.05) is 0 Å². The smallest absolute Gasteiger partial charge is 0.226 e. The Morgan fingerprint density at radius 3 is 2.56 bits per heavy atom. The third kappa shape index (κ3) is 4.31. The van der Waals surface area contributed by atoms with E-state index in [1.165, 1.54) is 0 Å². The Morgan fingerprint density at radius 1 is 1.50 bits per heavy atom. The molecule has 0 aliphatic carbocycles. The predicted octanol–water partition coefficient (Wildman–Crippen LogP) is 2.72. The zero-order valence-corrected chi connectivity index (χ0v) is 11.4. The van der Waals surface area contributed by atoms with E-state index < -0.39 is 0 Å². The van der Waals surface area contributed by atoms with E-state index in [9.17, 15) is 4.79 Å². The maximum absolute atomic E-state index is 11.7. The van der Waals surface area contributed by atoms with Gasteiger partial charge in [0.2, 0.25) is 5.91 Å². The molecule has 0 saturated carbocycles. The maximum Gasteiger partial charge on any atom is 0.226 e. The molecule has 1 N–H and O–H groups in total. The molecule has 0 saturated heterocycles. The number of carbonyl (C=O) groups excluding carboxylic acids is 1. The second kappa shape index (κ2) is 4.95. The molecule has 3 nitrogen and oxygen atoms in total. The number of rotatable bonds is 3. The third-order valence-electron chi connectivity index (χ3n) is 1.92. The van der Waals surface area contributed by atoms with E-state index in [0.29, 0.717) is 12.3 Å². The van der Waals surface area contributed by atoms with E-state index in [1.807, 2.05) is 26.2 Å². The van der Waals surface area contributed by atoms with Crippen LogP contribution in [0, 0.1) is 0 Å². The van der Waals surface area contributed by atoms with Gasteiger partial charge in [-0.2, -0.15) is 0 Å². The summed E-state index contributed by atoms with van der Waals surface area (Å²) in [5, 5.41) is 6.00. The fourth-order valence-electron chi connectivity index (χ4n) is 1.30. The zero-order chi connectivity index (χ0) is 12.3. The second-order valence-electron chi connectivity index (χ2n) is 5.31. The van der Waals surface area contributed by atoms with Crippen LogP contribution in [0.15, 0.2) is 5.38 Å². The van der Waals surface area contributed by atoms with Crippen LogP contribution < -0.4 is 5.32 Å². The van der Waals surface area contributed by atoms with Gasteiger partial charge in [-0.3, -0.25) is 4.79 Å². The summed E-state index contributed by atoms with van der Waals surface area (Å²) in [5.41, 5.74) is 0.698. The number of nitrogens with one attached hydrogen (secondary N) is 1. The molecule has 0 radical (unpaired) electrons. The lowest BCUT2D eigenvalue weighted by Crippen LogP contribution is -2.41. The average molecular weight is 240 g/mol. The third-order valence-corrected chi connectivity index (χ3v) is 3.11. The number of amides is 1. The molecule has 16 heavy (non-hydrogen) atoms. The van der Waals surface area contributed by atoms with Crippen molar-refractivity contribution in [2.45, 2.75) is 52.5 Å². The molecular weight excluding hydrogens is 220 g/mol. The van der Waals surface area contributed by atoms with Crippen molar-refractivity contribution in [3.63, 3.8) is 0 Å². The summed E-state index contributed by atoms with van der Waals surface area (Å²) >= 11 is 1.63.